The zero-order valence-corrected chi connectivity index (χ0v) is 16.0. The molecule has 0 radical (unpaired) electrons. The molecule has 3 rings (SSSR count). The number of carbonyl (C=O) groups excluding carboxylic acids is 1. The van der Waals surface area contributed by atoms with E-state index in [2.05, 4.69) is 5.16 Å². The Kier molecular flexibility index (Phi) is 5.64. The lowest BCUT2D eigenvalue weighted by Crippen LogP contribution is -2.30. The highest BCUT2D eigenvalue weighted by atomic mass is 35.5. The van der Waals surface area contributed by atoms with Gasteiger partial charge in [0.15, 0.2) is 0 Å². The van der Waals surface area contributed by atoms with E-state index in [1.807, 2.05) is 37.3 Å². The first-order valence-electron chi connectivity index (χ1n) is 8.26. The molecule has 26 heavy (non-hydrogen) atoms. The van der Waals surface area contributed by atoms with E-state index in [0.717, 1.165) is 5.56 Å². The third-order valence-electron chi connectivity index (χ3n) is 4.16. The Morgan fingerprint density at radius 2 is 1.73 bits per heavy atom. The van der Waals surface area contributed by atoms with Crippen LogP contribution in [0, 0.1) is 6.92 Å². The van der Waals surface area contributed by atoms with E-state index in [9.17, 15) is 4.79 Å². The van der Waals surface area contributed by atoms with E-state index in [0.29, 0.717) is 45.7 Å². The summed E-state index contributed by atoms with van der Waals surface area (Å²) in [5.41, 5.74) is 2.31. The van der Waals surface area contributed by atoms with Crippen molar-refractivity contribution in [2.45, 2.75) is 20.4 Å². The van der Waals surface area contributed by atoms with Crippen molar-refractivity contribution in [3.05, 3.63) is 75.5 Å². The van der Waals surface area contributed by atoms with Crippen molar-refractivity contribution in [1.29, 1.82) is 0 Å². The summed E-state index contributed by atoms with van der Waals surface area (Å²) in [4.78, 5) is 15.0. The lowest BCUT2D eigenvalue weighted by molar-refractivity contribution is 0.0751. The van der Waals surface area contributed by atoms with Crippen LogP contribution in [0.1, 0.15) is 28.6 Å². The number of aromatic nitrogens is 1. The lowest BCUT2D eigenvalue weighted by atomic mass is 10.0. The zero-order chi connectivity index (χ0) is 18.7. The first-order valence-corrected chi connectivity index (χ1v) is 9.02. The van der Waals surface area contributed by atoms with Crippen LogP contribution >= 0.6 is 23.2 Å². The topological polar surface area (TPSA) is 46.3 Å². The van der Waals surface area contributed by atoms with Crippen LogP contribution in [0.2, 0.25) is 10.0 Å². The van der Waals surface area contributed by atoms with Crippen molar-refractivity contribution in [3.63, 3.8) is 0 Å². The van der Waals surface area contributed by atoms with Gasteiger partial charge in [-0.25, -0.2) is 0 Å². The number of halogens is 2. The summed E-state index contributed by atoms with van der Waals surface area (Å²) in [5, 5.41) is 4.91. The SMILES string of the molecule is CCN(Cc1ccccc1)C(=O)c1c(-c2c(Cl)cccc2Cl)noc1C. The molecule has 134 valence electrons. The molecule has 0 aliphatic rings. The number of rotatable bonds is 5. The van der Waals surface area contributed by atoms with Gasteiger partial charge in [0.05, 0.1) is 10.0 Å². The van der Waals surface area contributed by atoms with Gasteiger partial charge in [-0.15, -0.1) is 0 Å². The van der Waals surface area contributed by atoms with Crippen molar-refractivity contribution < 1.29 is 9.32 Å². The monoisotopic (exact) mass is 388 g/mol. The third-order valence-corrected chi connectivity index (χ3v) is 4.79. The van der Waals surface area contributed by atoms with Gasteiger partial charge in [-0.3, -0.25) is 4.79 Å². The van der Waals surface area contributed by atoms with Gasteiger partial charge in [-0.2, -0.15) is 0 Å². The average Bonchev–Trinajstić information content (AvgIpc) is 3.01. The Hall–Kier alpha value is -2.30. The van der Waals surface area contributed by atoms with Gasteiger partial charge in [-0.05, 0) is 31.5 Å². The molecule has 2 aromatic carbocycles. The van der Waals surface area contributed by atoms with E-state index in [-0.39, 0.29) is 5.91 Å². The van der Waals surface area contributed by atoms with Crippen LogP contribution in [-0.4, -0.2) is 22.5 Å². The predicted molar refractivity (Wildman–Crippen MR) is 104 cm³/mol. The van der Waals surface area contributed by atoms with Crippen LogP contribution in [-0.2, 0) is 6.54 Å². The molecule has 6 heteroatoms. The fraction of sp³-hybridized carbons (Fsp3) is 0.200. The number of benzene rings is 2. The van der Waals surface area contributed by atoms with Crippen molar-refractivity contribution >= 4 is 29.1 Å². The maximum Gasteiger partial charge on any atom is 0.260 e. The first kappa shape index (κ1) is 18.5. The molecule has 1 heterocycles. The number of carbonyl (C=O) groups is 1. The van der Waals surface area contributed by atoms with E-state index in [1.165, 1.54) is 0 Å². The molecule has 0 saturated carbocycles. The molecular weight excluding hydrogens is 371 g/mol. The third kappa shape index (κ3) is 3.62. The summed E-state index contributed by atoms with van der Waals surface area (Å²) in [6, 6.07) is 15.0. The maximum atomic E-state index is 13.2. The Morgan fingerprint density at radius 3 is 2.35 bits per heavy atom. The highest BCUT2D eigenvalue weighted by Crippen LogP contribution is 2.37. The number of hydrogen-bond donors (Lipinski definition) is 0. The number of aryl methyl sites for hydroxylation is 1. The largest absolute Gasteiger partial charge is 0.360 e. The fourth-order valence-electron chi connectivity index (χ4n) is 2.81. The molecule has 0 aliphatic carbocycles. The molecule has 4 nitrogen and oxygen atoms in total. The second-order valence-corrected chi connectivity index (χ2v) is 6.68. The van der Waals surface area contributed by atoms with Gasteiger partial charge < -0.3 is 9.42 Å². The zero-order valence-electron chi connectivity index (χ0n) is 14.5. The maximum absolute atomic E-state index is 13.2. The second kappa shape index (κ2) is 7.94. The van der Waals surface area contributed by atoms with Gasteiger partial charge in [0.1, 0.15) is 17.0 Å². The Labute approximate surface area is 162 Å². The summed E-state index contributed by atoms with van der Waals surface area (Å²) in [5.74, 6) is 0.272. The van der Waals surface area contributed by atoms with Crippen molar-refractivity contribution in [2.75, 3.05) is 6.54 Å². The Balaban J connectivity index is 2.01. The van der Waals surface area contributed by atoms with Gasteiger partial charge in [0.2, 0.25) is 0 Å². The standard InChI is InChI=1S/C20H18Cl2N2O2/c1-3-24(12-14-8-5-4-6-9-14)20(25)17-13(2)26-23-19(17)18-15(21)10-7-11-16(18)22/h4-11H,3,12H2,1-2H3. The predicted octanol–water partition coefficient (Wildman–Crippen LogP) is 5.62. The molecule has 0 saturated heterocycles. The summed E-state index contributed by atoms with van der Waals surface area (Å²) in [7, 11) is 0. The van der Waals surface area contributed by atoms with Gasteiger partial charge in [-0.1, -0.05) is 64.8 Å². The van der Waals surface area contributed by atoms with Crippen LogP contribution in [0.5, 0.6) is 0 Å². The Bertz CT molecular complexity index is 903. The summed E-state index contributed by atoms with van der Waals surface area (Å²) >= 11 is 12.6. The summed E-state index contributed by atoms with van der Waals surface area (Å²) in [6.07, 6.45) is 0. The number of nitrogens with zero attached hydrogens (tertiary/aromatic N) is 2. The molecule has 1 amide bonds. The number of amides is 1. The van der Waals surface area contributed by atoms with Crippen molar-refractivity contribution in [3.8, 4) is 11.3 Å². The highest BCUT2D eigenvalue weighted by Gasteiger charge is 2.27. The minimum atomic E-state index is -0.166. The van der Waals surface area contributed by atoms with Gasteiger partial charge >= 0.3 is 0 Å². The van der Waals surface area contributed by atoms with Gasteiger partial charge in [0.25, 0.3) is 5.91 Å². The summed E-state index contributed by atoms with van der Waals surface area (Å²) in [6.45, 7) is 4.70. The molecule has 1 aromatic heterocycles. The number of hydrogen-bond acceptors (Lipinski definition) is 3. The summed E-state index contributed by atoms with van der Waals surface area (Å²) < 4.78 is 5.31. The van der Waals surface area contributed by atoms with E-state index < -0.39 is 0 Å². The Morgan fingerprint density at radius 1 is 1.08 bits per heavy atom. The smallest absolute Gasteiger partial charge is 0.260 e. The molecular formula is C20H18Cl2N2O2. The lowest BCUT2D eigenvalue weighted by Gasteiger charge is -2.21. The average molecular weight is 389 g/mol. The molecule has 0 fully saturated rings. The van der Waals surface area contributed by atoms with Crippen LogP contribution in [0.3, 0.4) is 0 Å². The molecule has 3 aromatic rings. The molecule has 0 aliphatic heterocycles. The second-order valence-electron chi connectivity index (χ2n) is 5.86. The van der Waals surface area contributed by atoms with Gasteiger partial charge in [0, 0.05) is 18.7 Å². The quantitative estimate of drug-likeness (QED) is 0.569. The molecule has 0 unspecified atom stereocenters. The molecule has 0 spiro atoms. The van der Waals surface area contributed by atoms with Crippen LogP contribution in [0.15, 0.2) is 53.1 Å². The molecule has 0 bridgehead atoms. The van der Waals surface area contributed by atoms with E-state index in [1.54, 1.807) is 30.0 Å². The minimum Gasteiger partial charge on any atom is -0.360 e. The van der Waals surface area contributed by atoms with E-state index >= 15 is 0 Å². The van der Waals surface area contributed by atoms with Crippen molar-refractivity contribution in [1.82, 2.24) is 10.1 Å². The molecule has 0 atom stereocenters. The normalized spacial score (nSPS) is 10.8. The first-order chi connectivity index (χ1) is 12.5. The van der Waals surface area contributed by atoms with Crippen LogP contribution in [0.4, 0.5) is 0 Å². The van der Waals surface area contributed by atoms with Crippen LogP contribution < -0.4 is 0 Å². The molecule has 0 N–H and O–H groups in total. The highest BCUT2D eigenvalue weighted by molar-refractivity contribution is 6.39. The fourth-order valence-corrected chi connectivity index (χ4v) is 3.38. The van der Waals surface area contributed by atoms with E-state index in [4.69, 9.17) is 27.7 Å². The minimum absolute atomic E-state index is 0.166. The van der Waals surface area contributed by atoms with Crippen LogP contribution in [0.25, 0.3) is 11.3 Å². The van der Waals surface area contributed by atoms with Crippen molar-refractivity contribution in [2.24, 2.45) is 0 Å².